The molecule has 3 aliphatic heterocycles. The van der Waals surface area contributed by atoms with Crippen LogP contribution >= 0.6 is 0 Å². The first-order valence-corrected chi connectivity index (χ1v) is 9.52. The van der Waals surface area contributed by atoms with Crippen LogP contribution in [0, 0.1) is 0 Å². The zero-order chi connectivity index (χ0) is 22.1. The second-order valence-corrected chi connectivity index (χ2v) is 7.13. The molecule has 3 aliphatic rings. The van der Waals surface area contributed by atoms with Crippen LogP contribution in [0.15, 0.2) is 30.9 Å². The summed E-state index contributed by atoms with van der Waals surface area (Å²) in [6, 6.07) is 4.95. The summed E-state index contributed by atoms with van der Waals surface area (Å²) in [6.07, 6.45) is -3.98. The first-order chi connectivity index (χ1) is 14.9. The standard InChI is InChI=1S/C19H23N5O7/c1-30-11-4-9(2-3-10(11)26)5-20-17-13-18(22-7-21-13)24(8-23-17)19-16(29)15(28)14(27)12(6-25)31-19/h2-4,7-8,12,14-16,19-20,25-29H,5-6H2,1H3/t12-,14-,15+,16-,19?/m1/s1. The van der Waals surface area contributed by atoms with Crippen LogP contribution in [0.3, 0.4) is 0 Å². The lowest BCUT2D eigenvalue weighted by atomic mass is 9.98. The molecule has 0 radical (unpaired) electrons. The van der Waals surface area contributed by atoms with Gasteiger partial charge in [0, 0.05) is 6.54 Å². The number of aliphatic hydroxyl groups is 4. The SMILES string of the molecule is COc1cc(CNc2ncn(C3O[C@H](CO)[C@@H](O)[C@H](O)[C@H]3O)c3ncnc2-3)ccc1O. The Kier molecular flexibility index (Phi) is 5.89. The number of ether oxygens (including phenoxy) is 2. The number of aromatic nitrogens is 4. The van der Waals surface area contributed by atoms with E-state index in [1.54, 1.807) is 12.1 Å². The molecular formula is C19H23N5O7. The predicted molar refractivity (Wildman–Crippen MR) is 105 cm³/mol. The summed E-state index contributed by atoms with van der Waals surface area (Å²) < 4.78 is 12.1. The zero-order valence-electron chi connectivity index (χ0n) is 16.5. The third-order valence-corrected chi connectivity index (χ3v) is 5.20. The Balaban J connectivity index is 1.59. The van der Waals surface area contributed by atoms with E-state index in [9.17, 15) is 25.5 Å². The molecule has 1 saturated heterocycles. The Morgan fingerprint density at radius 2 is 1.94 bits per heavy atom. The number of anilines is 1. The van der Waals surface area contributed by atoms with Crippen LogP contribution in [0.25, 0.3) is 11.5 Å². The maximum Gasteiger partial charge on any atom is 0.167 e. The molecule has 4 rings (SSSR count). The molecule has 12 heteroatoms. The van der Waals surface area contributed by atoms with Gasteiger partial charge < -0.3 is 40.3 Å². The van der Waals surface area contributed by atoms with Gasteiger partial charge in [0.25, 0.3) is 0 Å². The Labute approximate surface area is 176 Å². The predicted octanol–water partition coefficient (Wildman–Crippen LogP) is -0.923. The van der Waals surface area contributed by atoms with E-state index in [2.05, 4.69) is 20.3 Å². The number of aromatic hydroxyl groups is 1. The minimum atomic E-state index is -1.52. The van der Waals surface area contributed by atoms with Crippen molar-refractivity contribution in [3.63, 3.8) is 0 Å². The molecule has 5 atom stereocenters. The molecule has 6 N–H and O–H groups in total. The average Bonchev–Trinajstić information content (AvgIpc) is 3.27. The smallest absolute Gasteiger partial charge is 0.167 e. The maximum atomic E-state index is 10.4. The Morgan fingerprint density at radius 1 is 1.13 bits per heavy atom. The fourth-order valence-corrected chi connectivity index (χ4v) is 3.50. The van der Waals surface area contributed by atoms with Crippen molar-refractivity contribution in [3.05, 3.63) is 36.4 Å². The maximum absolute atomic E-state index is 10.4. The topological polar surface area (TPSA) is 175 Å². The quantitative estimate of drug-likeness (QED) is 0.283. The molecule has 0 amide bonds. The van der Waals surface area contributed by atoms with Crippen LogP contribution in [0.4, 0.5) is 5.82 Å². The first-order valence-electron chi connectivity index (χ1n) is 9.52. The highest BCUT2D eigenvalue weighted by atomic mass is 16.6. The second-order valence-electron chi connectivity index (χ2n) is 7.13. The van der Waals surface area contributed by atoms with Crippen molar-refractivity contribution in [1.82, 2.24) is 19.5 Å². The number of rotatable bonds is 6. The highest BCUT2D eigenvalue weighted by Crippen LogP contribution is 2.34. The molecule has 31 heavy (non-hydrogen) atoms. The van der Waals surface area contributed by atoms with E-state index < -0.39 is 37.3 Å². The van der Waals surface area contributed by atoms with Crippen molar-refractivity contribution in [2.24, 2.45) is 0 Å². The number of nitrogens with one attached hydrogen (secondary N) is 1. The number of aliphatic hydroxyl groups excluding tert-OH is 4. The largest absolute Gasteiger partial charge is 0.504 e. The van der Waals surface area contributed by atoms with Crippen molar-refractivity contribution >= 4 is 5.82 Å². The lowest BCUT2D eigenvalue weighted by Crippen LogP contribution is -2.56. The van der Waals surface area contributed by atoms with E-state index in [1.807, 2.05) is 0 Å². The number of phenols is 1. The van der Waals surface area contributed by atoms with Gasteiger partial charge >= 0.3 is 0 Å². The fraction of sp³-hybridized carbons (Fsp3) is 0.421. The van der Waals surface area contributed by atoms with Crippen LogP contribution in [0.1, 0.15) is 11.8 Å². The van der Waals surface area contributed by atoms with Crippen LogP contribution in [-0.4, -0.2) is 83.2 Å². The van der Waals surface area contributed by atoms with Crippen molar-refractivity contribution in [2.45, 2.75) is 37.2 Å². The molecule has 166 valence electrons. The zero-order valence-corrected chi connectivity index (χ0v) is 16.5. The average molecular weight is 433 g/mol. The number of nitrogens with zero attached hydrogens (tertiary/aromatic N) is 4. The number of imidazole rings is 1. The van der Waals surface area contributed by atoms with E-state index in [1.165, 1.54) is 30.4 Å². The molecule has 0 saturated carbocycles. The molecule has 0 aromatic heterocycles. The summed E-state index contributed by atoms with van der Waals surface area (Å²) in [5, 5.41) is 52.7. The lowest BCUT2D eigenvalue weighted by Gasteiger charge is -2.41. The van der Waals surface area contributed by atoms with Gasteiger partial charge in [0.15, 0.2) is 35.1 Å². The number of hydrogen-bond donors (Lipinski definition) is 6. The van der Waals surface area contributed by atoms with Gasteiger partial charge in [-0.15, -0.1) is 0 Å². The number of hydrogen-bond acceptors (Lipinski definition) is 11. The lowest BCUT2D eigenvalue weighted by molar-refractivity contribution is -0.251. The summed E-state index contributed by atoms with van der Waals surface area (Å²) in [5.74, 6) is 1.12. The van der Waals surface area contributed by atoms with Gasteiger partial charge in [0.1, 0.15) is 37.1 Å². The van der Waals surface area contributed by atoms with Crippen LogP contribution in [0.5, 0.6) is 11.5 Å². The highest BCUT2D eigenvalue weighted by Gasteiger charge is 2.45. The van der Waals surface area contributed by atoms with E-state index >= 15 is 0 Å². The minimum absolute atomic E-state index is 0.0361. The van der Waals surface area contributed by atoms with E-state index in [-0.39, 0.29) is 5.75 Å². The van der Waals surface area contributed by atoms with Gasteiger partial charge in [-0.2, -0.15) is 0 Å². The molecule has 12 nitrogen and oxygen atoms in total. The highest BCUT2D eigenvalue weighted by molar-refractivity contribution is 5.67. The molecule has 0 spiro atoms. The summed E-state index contributed by atoms with van der Waals surface area (Å²) in [5.41, 5.74) is 1.22. The number of benzene rings is 1. The van der Waals surface area contributed by atoms with Gasteiger partial charge in [-0.25, -0.2) is 15.0 Å². The number of fused-ring (bicyclic) bond motifs is 1. The monoisotopic (exact) mass is 433 g/mol. The van der Waals surface area contributed by atoms with Crippen molar-refractivity contribution in [2.75, 3.05) is 19.0 Å². The normalized spacial score (nSPS) is 26.2. The van der Waals surface area contributed by atoms with Gasteiger partial charge in [0.2, 0.25) is 0 Å². The van der Waals surface area contributed by atoms with Crippen molar-refractivity contribution in [1.29, 1.82) is 0 Å². The third kappa shape index (κ3) is 3.86. The van der Waals surface area contributed by atoms with Crippen molar-refractivity contribution < 1.29 is 35.0 Å². The molecular weight excluding hydrogens is 410 g/mol. The fourth-order valence-electron chi connectivity index (χ4n) is 3.50. The minimum Gasteiger partial charge on any atom is -0.504 e. The van der Waals surface area contributed by atoms with Gasteiger partial charge in [-0.05, 0) is 17.7 Å². The van der Waals surface area contributed by atoms with Crippen LogP contribution in [-0.2, 0) is 11.3 Å². The molecule has 3 heterocycles. The van der Waals surface area contributed by atoms with Crippen LogP contribution < -0.4 is 10.1 Å². The molecule has 1 aromatic carbocycles. The summed E-state index contributed by atoms with van der Waals surface area (Å²) in [7, 11) is 1.46. The van der Waals surface area contributed by atoms with E-state index in [0.29, 0.717) is 29.6 Å². The van der Waals surface area contributed by atoms with Gasteiger partial charge in [-0.3, -0.25) is 4.57 Å². The van der Waals surface area contributed by atoms with Gasteiger partial charge in [-0.1, -0.05) is 6.07 Å². The molecule has 0 aliphatic carbocycles. The summed E-state index contributed by atoms with van der Waals surface area (Å²) >= 11 is 0. The summed E-state index contributed by atoms with van der Waals surface area (Å²) in [4.78, 5) is 12.7. The van der Waals surface area contributed by atoms with E-state index in [4.69, 9.17) is 9.47 Å². The number of phenolic OH excluding ortho intramolecular Hbond substituents is 1. The molecule has 1 unspecified atom stereocenters. The van der Waals surface area contributed by atoms with E-state index in [0.717, 1.165) is 5.56 Å². The first kappa shape index (κ1) is 21.2. The molecule has 1 fully saturated rings. The van der Waals surface area contributed by atoms with Gasteiger partial charge in [0.05, 0.1) is 13.7 Å². The molecule has 1 aromatic rings. The Bertz CT molecular complexity index is 1010. The third-order valence-electron chi connectivity index (χ3n) is 5.20. The Hall–Kier alpha value is -3.03. The molecule has 0 bridgehead atoms. The summed E-state index contributed by atoms with van der Waals surface area (Å²) in [6.45, 7) is -0.184. The number of methoxy groups -OCH3 is 1. The second kappa shape index (κ2) is 8.61. The van der Waals surface area contributed by atoms with Crippen LogP contribution in [0.2, 0.25) is 0 Å². The Morgan fingerprint density at radius 3 is 2.68 bits per heavy atom. The van der Waals surface area contributed by atoms with Crippen molar-refractivity contribution in [3.8, 4) is 23.0 Å².